The predicted molar refractivity (Wildman–Crippen MR) is 112 cm³/mol. The van der Waals surface area contributed by atoms with E-state index in [2.05, 4.69) is 21.8 Å². The van der Waals surface area contributed by atoms with Crippen LogP contribution in [0.15, 0.2) is 89.4 Å². The Bertz CT molecular complexity index is 1200. The topological polar surface area (TPSA) is 76.1 Å². The first-order valence-corrected chi connectivity index (χ1v) is 9.00. The molecule has 150 valence electrons. The summed E-state index contributed by atoms with van der Waals surface area (Å²) < 4.78 is 32.9. The second kappa shape index (κ2) is 8.12. The molecule has 2 aromatic carbocycles. The monoisotopic (exact) mass is 405 g/mol. The second-order valence-corrected chi connectivity index (χ2v) is 6.48. The van der Waals surface area contributed by atoms with E-state index < -0.39 is 11.6 Å². The lowest BCUT2D eigenvalue weighted by atomic mass is 10.1. The normalized spacial score (nSPS) is 14.2. The van der Waals surface area contributed by atoms with E-state index in [1.807, 2.05) is 30.3 Å². The van der Waals surface area contributed by atoms with Crippen LogP contribution in [0.2, 0.25) is 0 Å². The minimum Gasteiger partial charge on any atom is -0.484 e. The SMILES string of the molecule is C=C1C=CC(c2cc(F)cc(F)c2)=NN1/C(COc1cnc2ccccc2c1)=N\N. The van der Waals surface area contributed by atoms with Gasteiger partial charge in [-0.3, -0.25) is 4.98 Å². The van der Waals surface area contributed by atoms with Crippen LogP contribution >= 0.6 is 0 Å². The number of amidine groups is 1. The highest BCUT2D eigenvalue weighted by molar-refractivity contribution is 6.10. The molecule has 0 bridgehead atoms. The first-order valence-electron chi connectivity index (χ1n) is 9.00. The van der Waals surface area contributed by atoms with Crippen molar-refractivity contribution in [1.82, 2.24) is 9.99 Å². The maximum atomic E-state index is 13.6. The molecule has 1 aliphatic heterocycles. The number of fused-ring (bicyclic) bond motifs is 1. The number of nitrogens with two attached hydrogens (primary N) is 1. The summed E-state index contributed by atoms with van der Waals surface area (Å²) in [6.07, 6.45) is 4.86. The number of ether oxygens (including phenoxy) is 1. The fraction of sp³-hybridized carbons (Fsp3) is 0.0455. The van der Waals surface area contributed by atoms with Crippen LogP contribution in [0.5, 0.6) is 5.75 Å². The molecule has 30 heavy (non-hydrogen) atoms. The summed E-state index contributed by atoms with van der Waals surface area (Å²) in [6, 6.07) is 12.7. The number of hydrazone groups is 2. The van der Waals surface area contributed by atoms with Gasteiger partial charge in [-0.15, -0.1) is 0 Å². The third kappa shape index (κ3) is 4.02. The van der Waals surface area contributed by atoms with Crippen molar-refractivity contribution in [2.24, 2.45) is 16.0 Å². The van der Waals surface area contributed by atoms with Gasteiger partial charge in [0.15, 0.2) is 5.84 Å². The maximum absolute atomic E-state index is 13.6. The number of hydrogen-bond acceptors (Lipinski definition) is 5. The standard InChI is InChI=1S/C22H17F2N5O/c1-14-6-7-21(16-8-17(23)11-18(24)9-16)28-29(14)22(27-25)13-30-19-10-15-4-2-3-5-20(15)26-12-19/h2-12H,1,13,25H2/b27-22-. The zero-order chi connectivity index (χ0) is 21.1. The number of hydrogen-bond donors (Lipinski definition) is 1. The molecule has 1 aromatic heterocycles. The molecule has 4 rings (SSSR count). The molecule has 8 heteroatoms. The van der Waals surface area contributed by atoms with E-state index in [1.54, 1.807) is 18.3 Å². The van der Waals surface area contributed by atoms with Crippen molar-refractivity contribution in [2.75, 3.05) is 6.61 Å². The number of aromatic nitrogens is 1. The molecular weight excluding hydrogens is 388 g/mol. The summed E-state index contributed by atoms with van der Waals surface area (Å²) >= 11 is 0. The Balaban J connectivity index is 1.55. The molecule has 0 radical (unpaired) electrons. The fourth-order valence-corrected chi connectivity index (χ4v) is 2.96. The van der Waals surface area contributed by atoms with Gasteiger partial charge in [0.1, 0.15) is 24.0 Å². The molecule has 6 nitrogen and oxygen atoms in total. The molecule has 0 atom stereocenters. The summed E-state index contributed by atoms with van der Waals surface area (Å²) in [6.45, 7) is 3.89. The third-order valence-electron chi connectivity index (χ3n) is 4.40. The lowest BCUT2D eigenvalue weighted by molar-refractivity contribution is 0.354. The Kier molecular flexibility index (Phi) is 5.21. The lowest BCUT2D eigenvalue weighted by Crippen LogP contribution is -2.33. The highest BCUT2D eigenvalue weighted by atomic mass is 19.1. The summed E-state index contributed by atoms with van der Waals surface area (Å²) in [5, 5.41) is 10.4. The van der Waals surface area contributed by atoms with Crippen LogP contribution in [-0.4, -0.2) is 28.1 Å². The molecule has 0 unspecified atom stereocenters. The third-order valence-corrected chi connectivity index (χ3v) is 4.40. The van der Waals surface area contributed by atoms with Crippen molar-refractivity contribution in [3.8, 4) is 5.75 Å². The van der Waals surface area contributed by atoms with Gasteiger partial charge in [0.05, 0.1) is 23.1 Å². The van der Waals surface area contributed by atoms with Gasteiger partial charge in [0, 0.05) is 17.0 Å². The van der Waals surface area contributed by atoms with E-state index in [1.165, 1.54) is 17.1 Å². The molecule has 2 heterocycles. The van der Waals surface area contributed by atoms with Crippen LogP contribution in [0.25, 0.3) is 10.9 Å². The van der Waals surface area contributed by atoms with E-state index in [0.717, 1.165) is 17.0 Å². The smallest absolute Gasteiger partial charge is 0.187 e. The number of rotatable bonds is 4. The maximum Gasteiger partial charge on any atom is 0.187 e. The minimum atomic E-state index is -0.697. The van der Waals surface area contributed by atoms with Crippen LogP contribution in [0.4, 0.5) is 8.78 Å². The van der Waals surface area contributed by atoms with Crippen LogP contribution in [-0.2, 0) is 0 Å². The predicted octanol–water partition coefficient (Wildman–Crippen LogP) is 3.95. The number of pyridine rings is 1. The highest BCUT2D eigenvalue weighted by Gasteiger charge is 2.19. The lowest BCUT2D eigenvalue weighted by Gasteiger charge is -2.24. The molecule has 0 saturated carbocycles. The first-order chi connectivity index (χ1) is 14.5. The minimum absolute atomic E-state index is 0.0162. The molecular formula is C22H17F2N5O. The number of halogens is 2. The van der Waals surface area contributed by atoms with Gasteiger partial charge in [-0.2, -0.15) is 10.2 Å². The highest BCUT2D eigenvalue weighted by Crippen LogP contribution is 2.20. The quantitative estimate of drug-likeness (QED) is 0.309. The summed E-state index contributed by atoms with van der Waals surface area (Å²) in [5.74, 6) is 4.94. The van der Waals surface area contributed by atoms with E-state index in [0.29, 0.717) is 17.2 Å². The van der Waals surface area contributed by atoms with Gasteiger partial charge in [-0.05, 0) is 36.4 Å². The van der Waals surface area contributed by atoms with Crippen molar-refractivity contribution in [3.63, 3.8) is 0 Å². The van der Waals surface area contributed by atoms with E-state index in [9.17, 15) is 8.78 Å². The zero-order valence-electron chi connectivity index (χ0n) is 15.8. The zero-order valence-corrected chi connectivity index (χ0v) is 15.8. The molecule has 0 saturated heterocycles. The van der Waals surface area contributed by atoms with Gasteiger partial charge in [0.25, 0.3) is 0 Å². The van der Waals surface area contributed by atoms with Crippen molar-refractivity contribution >= 4 is 22.5 Å². The van der Waals surface area contributed by atoms with E-state index >= 15 is 0 Å². The van der Waals surface area contributed by atoms with Crippen molar-refractivity contribution in [2.45, 2.75) is 0 Å². The number of nitrogens with zero attached hydrogens (tertiary/aromatic N) is 4. The average molecular weight is 405 g/mol. The van der Waals surface area contributed by atoms with Crippen molar-refractivity contribution in [3.05, 3.63) is 96.4 Å². The average Bonchev–Trinajstić information content (AvgIpc) is 2.74. The Morgan fingerprint density at radius 2 is 1.87 bits per heavy atom. The molecule has 0 amide bonds. The second-order valence-electron chi connectivity index (χ2n) is 6.48. The van der Waals surface area contributed by atoms with Gasteiger partial charge in [-0.1, -0.05) is 24.8 Å². The summed E-state index contributed by atoms with van der Waals surface area (Å²) in [7, 11) is 0. The Morgan fingerprint density at radius 1 is 1.10 bits per heavy atom. The molecule has 2 N–H and O–H groups in total. The van der Waals surface area contributed by atoms with Crippen LogP contribution in [0.1, 0.15) is 5.56 Å². The number of benzene rings is 2. The van der Waals surface area contributed by atoms with Crippen LogP contribution in [0, 0.1) is 11.6 Å². The Morgan fingerprint density at radius 3 is 2.63 bits per heavy atom. The van der Waals surface area contributed by atoms with Crippen LogP contribution in [0.3, 0.4) is 0 Å². The summed E-state index contributed by atoms with van der Waals surface area (Å²) in [4.78, 5) is 4.34. The molecule has 0 fully saturated rings. The molecule has 0 spiro atoms. The largest absolute Gasteiger partial charge is 0.484 e. The van der Waals surface area contributed by atoms with E-state index in [4.69, 9.17) is 10.6 Å². The number of para-hydroxylation sites is 1. The van der Waals surface area contributed by atoms with Crippen LogP contribution < -0.4 is 10.6 Å². The van der Waals surface area contributed by atoms with Gasteiger partial charge < -0.3 is 10.6 Å². The molecule has 0 aliphatic carbocycles. The van der Waals surface area contributed by atoms with Gasteiger partial charge in [-0.25, -0.2) is 13.8 Å². The Labute approximate surface area is 171 Å². The number of allylic oxidation sites excluding steroid dienone is 2. The van der Waals surface area contributed by atoms with Gasteiger partial charge >= 0.3 is 0 Å². The van der Waals surface area contributed by atoms with E-state index in [-0.39, 0.29) is 18.0 Å². The Hall–Kier alpha value is -4.07. The van der Waals surface area contributed by atoms with Gasteiger partial charge in [0.2, 0.25) is 0 Å². The molecule has 3 aromatic rings. The fourth-order valence-electron chi connectivity index (χ4n) is 2.96. The first kappa shape index (κ1) is 19.3. The molecule has 1 aliphatic rings. The van der Waals surface area contributed by atoms with Crippen molar-refractivity contribution < 1.29 is 13.5 Å². The summed E-state index contributed by atoms with van der Waals surface area (Å²) in [5.41, 5.74) is 1.93. The van der Waals surface area contributed by atoms with Crippen molar-refractivity contribution in [1.29, 1.82) is 0 Å².